The number of amides is 1. The number of carbonyl (C=O) groups is 2. The van der Waals surface area contributed by atoms with Crippen molar-refractivity contribution in [3.8, 4) is 0 Å². The van der Waals surface area contributed by atoms with E-state index in [0.717, 1.165) is 9.22 Å². The summed E-state index contributed by atoms with van der Waals surface area (Å²) in [4.78, 5) is 24.4. The molecule has 5 nitrogen and oxygen atoms in total. The Labute approximate surface area is 122 Å². The number of thiophene rings is 1. The standard InChI is InChI=1S/C11H11N3O2S3/c1-7(15)12-4-8-2-3-10(19-8)9(16)5-17-11-14-13-6-18-11/h2-3,6H,4-5H2,1H3,(H,12,15). The van der Waals surface area contributed by atoms with E-state index in [1.165, 1.54) is 41.4 Å². The van der Waals surface area contributed by atoms with E-state index in [1.807, 2.05) is 6.07 Å². The molecule has 2 heterocycles. The van der Waals surface area contributed by atoms with Crippen LogP contribution < -0.4 is 5.32 Å². The number of aromatic nitrogens is 2. The smallest absolute Gasteiger partial charge is 0.217 e. The molecule has 0 atom stereocenters. The average molecular weight is 313 g/mol. The van der Waals surface area contributed by atoms with Gasteiger partial charge in [-0.25, -0.2) is 0 Å². The van der Waals surface area contributed by atoms with Crippen molar-refractivity contribution in [1.29, 1.82) is 0 Å². The molecule has 0 aliphatic carbocycles. The molecular weight excluding hydrogens is 302 g/mol. The fourth-order valence-electron chi connectivity index (χ4n) is 1.26. The molecule has 0 fully saturated rings. The topological polar surface area (TPSA) is 72.0 Å². The Balaban J connectivity index is 1.87. The third kappa shape index (κ3) is 4.41. The molecule has 0 aliphatic heterocycles. The van der Waals surface area contributed by atoms with Crippen LogP contribution >= 0.6 is 34.4 Å². The van der Waals surface area contributed by atoms with Crippen LogP contribution in [0, 0.1) is 0 Å². The molecule has 19 heavy (non-hydrogen) atoms. The molecule has 0 spiro atoms. The molecule has 2 aromatic heterocycles. The van der Waals surface area contributed by atoms with Crippen molar-refractivity contribution in [1.82, 2.24) is 15.5 Å². The fraction of sp³-hybridized carbons (Fsp3) is 0.273. The van der Waals surface area contributed by atoms with Gasteiger partial charge in [0, 0.05) is 11.8 Å². The van der Waals surface area contributed by atoms with E-state index in [0.29, 0.717) is 17.2 Å². The third-order valence-electron chi connectivity index (χ3n) is 2.11. The van der Waals surface area contributed by atoms with E-state index < -0.39 is 0 Å². The first-order chi connectivity index (χ1) is 9.15. The summed E-state index contributed by atoms with van der Waals surface area (Å²) in [5.41, 5.74) is 1.64. The molecule has 100 valence electrons. The predicted octanol–water partition coefficient (Wildman–Crippen LogP) is 2.21. The highest BCUT2D eigenvalue weighted by atomic mass is 32.2. The van der Waals surface area contributed by atoms with Gasteiger partial charge in [0.1, 0.15) is 5.51 Å². The lowest BCUT2D eigenvalue weighted by molar-refractivity contribution is -0.119. The number of ketones is 1. The Kier molecular flexibility index (Phi) is 5.06. The summed E-state index contributed by atoms with van der Waals surface area (Å²) >= 11 is 4.22. The summed E-state index contributed by atoms with van der Waals surface area (Å²) in [5.74, 6) is 0.349. The molecule has 0 unspecified atom stereocenters. The van der Waals surface area contributed by atoms with Gasteiger partial charge < -0.3 is 5.32 Å². The van der Waals surface area contributed by atoms with Crippen LogP contribution in [0.2, 0.25) is 0 Å². The summed E-state index contributed by atoms with van der Waals surface area (Å²) in [6, 6.07) is 3.66. The number of rotatable bonds is 6. The summed E-state index contributed by atoms with van der Waals surface area (Å²) in [5, 5.41) is 10.3. The normalized spacial score (nSPS) is 10.4. The maximum Gasteiger partial charge on any atom is 0.217 e. The Morgan fingerprint density at radius 2 is 2.26 bits per heavy atom. The van der Waals surface area contributed by atoms with Crippen molar-refractivity contribution in [3.05, 3.63) is 27.4 Å². The van der Waals surface area contributed by atoms with E-state index in [2.05, 4.69) is 15.5 Å². The van der Waals surface area contributed by atoms with Crippen molar-refractivity contribution >= 4 is 46.1 Å². The second kappa shape index (κ2) is 6.78. The lowest BCUT2D eigenvalue weighted by atomic mass is 10.3. The van der Waals surface area contributed by atoms with Crippen molar-refractivity contribution in [2.24, 2.45) is 0 Å². The second-order valence-corrected chi connectivity index (χ2v) is 6.82. The Morgan fingerprint density at radius 3 is 2.95 bits per heavy atom. The summed E-state index contributed by atoms with van der Waals surface area (Å²) in [6.07, 6.45) is 0. The first-order valence-electron chi connectivity index (χ1n) is 5.40. The number of nitrogens with zero attached hydrogens (tertiary/aromatic N) is 2. The Bertz CT molecular complexity index is 566. The van der Waals surface area contributed by atoms with Crippen LogP contribution in [-0.2, 0) is 11.3 Å². The van der Waals surface area contributed by atoms with Gasteiger partial charge in [0.25, 0.3) is 0 Å². The van der Waals surface area contributed by atoms with Gasteiger partial charge in [-0.15, -0.1) is 21.5 Å². The maximum atomic E-state index is 12.0. The van der Waals surface area contributed by atoms with Crippen LogP contribution in [0.3, 0.4) is 0 Å². The van der Waals surface area contributed by atoms with Crippen LogP contribution in [0.15, 0.2) is 22.0 Å². The van der Waals surface area contributed by atoms with Crippen molar-refractivity contribution in [2.45, 2.75) is 17.8 Å². The van der Waals surface area contributed by atoms with E-state index in [4.69, 9.17) is 0 Å². The fourth-order valence-corrected chi connectivity index (χ4v) is 3.61. The minimum atomic E-state index is -0.0758. The maximum absolute atomic E-state index is 12.0. The molecule has 0 saturated heterocycles. The molecule has 8 heteroatoms. The number of carbonyl (C=O) groups excluding carboxylic acids is 2. The average Bonchev–Trinajstić information content (AvgIpc) is 3.04. The summed E-state index contributed by atoms with van der Waals surface area (Å²) < 4.78 is 0.795. The molecule has 2 aromatic rings. The molecule has 1 N–H and O–H groups in total. The minimum absolute atomic E-state index is 0.0688. The molecule has 0 aromatic carbocycles. The summed E-state index contributed by atoms with van der Waals surface area (Å²) in [7, 11) is 0. The van der Waals surface area contributed by atoms with Gasteiger partial charge in [0.05, 0.1) is 17.2 Å². The van der Waals surface area contributed by atoms with E-state index in [1.54, 1.807) is 11.6 Å². The van der Waals surface area contributed by atoms with Crippen LogP contribution in [0.1, 0.15) is 21.5 Å². The SMILES string of the molecule is CC(=O)NCc1ccc(C(=O)CSc2nncs2)s1. The number of thioether (sulfide) groups is 1. The van der Waals surface area contributed by atoms with E-state index in [-0.39, 0.29) is 11.7 Å². The van der Waals surface area contributed by atoms with Crippen LogP contribution in [0.4, 0.5) is 0 Å². The molecule has 0 aliphatic rings. The van der Waals surface area contributed by atoms with Gasteiger partial charge in [0.2, 0.25) is 5.91 Å². The van der Waals surface area contributed by atoms with E-state index >= 15 is 0 Å². The highest BCUT2D eigenvalue weighted by Gasteiger charge is 2.11. The zero-order chi connectivity index (χ0) is 13.7. The lowest BCUT2D eigenvalue weighted by Crippen LogP contribution is -2.18. The minimum Gasteiger partial charge on any atom is -0.351 e. The van der Waals surface area contributed by atoms with Gasteiger partial charge in [-0.3, -0.25) is 9.59 Å². The molecule has 2 rings (SSSR count). The van der Waals surface area contributed by atoms with Gasteiger partial charge in [0.15, 0.2) is 10.1 Å². The van der Waals surface area contributed by atoms with Gasteiger partial charge in [-0.2, -0.15) is 0 Å². The third-order valence-corrected chi connectivity index (χ3v) is 5.10. The van der Waals surface area contributed by atoms with Crippen molar-refractivity contribution in [3.63, 3.8) is 0 Å². The first-order valence-corrected chi connectivity index (χ1v) is 8.08. The Morgan fingerprint density at radius 1 is 1.42 bits per heavy atom. The zero-order valence-corrected chi connectivity index (χ0v) is 12.5. The number of hydrogen-bond acceptors (Lipinski definition) is 7. The quantitative estimate of drug-likeness (QED) is 0.654. The molecule has 0 radical (unpaired) electrons. The van der Waals surface area contributed by atoms with Crippen molar-refractivity contribution in [2.75, 3.05) is 5.75 Å². The number of nitrogens with one attached hydrogen (secondary N) is 1. The molecule has 1 amide bonds. The van der Waals surface area contributed by atoms with Crippen LogP contribution in [0.25, 0.3) is 0 Å². The second-order valence-electron chi connectivity index (χ2n) is 3.59. The zero-order valence-electron chi connectivity index (χ0n) is 10.1. The van der Waals surface area contributed by atoms with Crippen LogP contribution in [0.5, 0.6) is 0 Å². The van der Waals surface area contributed by atoms with Crippen molar-refractivity contribution < 1.29 is 9.59 Å². The van der Waals surface area contributed by atoms with Gasteiger partial charge >= 0.3 is 0 Å². The monoisotopic (exact) mass is 313 g/mol. The van der Waals surface area contributed by atoms with Crippen LogP contribution in [-0.4, -0.2) is 27.6 Å². The highest BCUT2D eigenvalue weighted by molar-refractivity contribution is 8.01. The Hall–Kier alpha value is -1.25. The lowest BCUT2D eigenvalue weighted by Gasteiger charge is -1.97. The number of Topliss-reactive ketones (excluding diaryl/α,β-unsaturated/α-hetero) is 1. The number of hydrogen-bond donors (Lipinski definition) is 1. The van der Waals surface area contributed by atoms with Gasteiger partial charge in [-0.1, -0.05) is 23.1 Å². The highest BCUT2D eigenvalue weighted by Crippen LogP contribution is 2.23. The predicted molar refractivity (Wildman–Crippen MR) is 76.8 cm³/mol. The molecular formula is C11H11N3O2S3. The van der Waals surface area contributed by atoms with E-state index in [9.17, 15) is 9.59 Å². The summed E-state index contributed by atoms with van der Waals surface area (Å²) in [6.45, 7) is 1.94. The van der Waals surface area contributed by atoms with Gasteiger partial charge in [-0.05, 0) is 12.1 Å². The molecule has 0 bridgehead atoms. The molecule has 0 saturated carbocycles. The first kappa shape index (κ1) is 14.2. The largest absolute Gasteiger partial charge is 0.351 e.